The Kier molecular flexibility index (Phi) is 6.25. The molecule has 1 aromatic carbocycles. The first-order valence-electron chi connectivity index (χ1n) is 9.90. The van der Waals surface area contributed by atoms with Gasteiger partial charge in [0.25, 0.3) is 5.91 Å². The predicted molar refractivity (Wildman–Crippen MR) is 130 cm³/mol. The normalized spacial score (nSPS) is 11.3. The third-order valence-electron chi connectivity index (χ3n) is 4.73. The zero-order valence-corrected chi connectivity index (χ0v) is 18.6. The van der Waals surface area contributed by atoms with Gasteiger partial charge < -0.3 is 11.1 Å². The molecular formula is C24H21N3O2S2. The minimum Gasteiger partial charge on any atom is -0.397 e. The van der Waals surface area contributed by atoms with Gasteiger partial charge in [0.15, 0.2) is 5.78 Å². The number of fused-ring (bicyclic) bond motifs is 1. The van der Waals surface area contributed by atoms with Crippen molar-refractivity contribution in [3.63, 3.8) is 0 Å². The predicted octanol–water partition coefficient (Wildman–Crippen LogP) is 6.04. The fourth-order valence-electron chi connectivity index (χ4n) is 3.15. The van der Waals surface area contributed by atoms with Gasteiger partial charge in [-0.3, -0.25) is 9.59 Å². The fourth-order valence-corrected chi connectivity index (χ4v) is 4.77. The Morgan fingerprint density at radius 1 is 1.13 bits per heavy atom. The minimum absolute atomic E-state index is 0.0889. The van der Waals surface area contributed by atoms with E-state index in [1.807, 2.05) is 29.6 Å². The van der Waals surface area contributed by atoms with Crippen molar-refractivity contribution in [2.24, 2.45) is 0 Å². The van der Waals surface area contributed by atoms with Crippen molar-refractivity contribution in [3.05, 3.63) is 81.0 Å². The molecule has 0 saturated carbocycles. The number of anilines is 2. The van der Waals surface area contributed by atoms with Crippen molar-refractivity contribution in [2.75, 3.05) is 11.1 Å². The molecule has 7 heteroatoms. The quantitative estimate of drug-likeness (QED) is 0.267. The first-order chi connectivity index (χ1) is 15.0. The number of ketones is 1. The molecule has 0 bridgehead atoms. The number of aryl methyl sites for hydroxylation is 1. The summed E-state index contributed by atoms with van der Waals surface area (Å²) in [6.07, 6.45) is 5.25. The zero-order chi connectivity index (χ0) is 21.8. The lowest BCUT2D eigenvalue weighted by Gasteiger charge is -2.05. The van der Waals surface area contributed by atoms with E-state index < -0.39 is 0 Å². The summed E-state index contributed by atoms with van der Waals surface area (Å²) in [6.45, 7) is 2.10. The molecule has 0 aliphatic rings. The fraction of sp³-hybridized carbons (Fsp3) is 0.125. The Morgan fingerprint density at radius 3 is 2.65 bits per heavy atom. The van der Waals surface area contributed by atoms with E-state index in [-0.39, 0.29) is 11.7 Å². The Labute approximate surface area is 188 Å². The van der Waals surface area contributed by atoms with Crippen LogP contribution in [0.15, 0.2) is 60.0 Å². The van der Waals surface area contributed by atoms with Crippen LogP contribution in [-0.2, 0) is 6.42 Å². The Hall–Kier alpha value is -3.29. The molecule has 1 amide bonds. The van der Waals surface area contributed by atoms with Crippen LogP contribution >= 0.6 is 22.7 Å². The van der Waals surface area contributed by atoms with Crippen LogP contribution in [0.5, 0.6) is 0 Å². The van der Waals surface area contributed by atoms with Crippen molar-refractivity contribution >= 4 is 62.0 Å². The number of carbonyl (C=O) groups is 2. The number of amides is 1. The number of aromatic nitrogens is 1. The molecule has 3 aromatic heterocycles. The second-order valence-corrected chi connectivity index (χ2v) is 8.97. The number of nitrogens with two attached hydrogens (primary N) is 1. The van der Waals surface area contributed by atoms with Gasteiger partial charge in [0, 0.05) is 27.2 Å². The molecular weight excluding hydrogens is 426 g/mol. The van der Waals surface area contributed by atoms with Crippen molar-refractivity contribution in [3.8, 4) is 0 Å². The van der Waals surface area contributed by atoms with Crippen molar-refractivity contribution in [1.82, 2.24) is 4.98 Å². The van der Waals surface area contributed by atoms with E-state index >= 15 is 0 Å². The molecule has 4 rings (SSSR count). The van der Waals surface area contributed by atoms with Crippen LogP contribution in [0.3, 0.4) is 0 Å². The summed E-state index contributed by atoms with van der Waals surface area (Å²) in [4.78, 5) is 32.0. The average Bonchev–Trinajstić information content (AvgIpc) is 3.41. The topological polar surface area (TPSA) is 85.1 Å². The number of hydrogen-bond acceptors (Lipinski definition) is 6. The third-order valence-corrected chi connectivity index (χ3v) is 6.68. The number of nitrogens with zero attached hydrogens (tertiary/aromatic N) is 1. The summed E-state index contributed by atoms with van der Waals surface area (Å²) in [7, 11) is 0. The van der Waals surface area contributed by atoms with Gasteiger partial charge >= 0.3 is 0 Å². The molecule has 0 spiro atoms. The van der Waals surface area contributed by atoms with Crippen LogP contribution in [0.25, 0.3) is 16.3 Å². The molecule has 0 saturated heterocycles. The van der Waals surface area contributed by atoms with E-state index in [0.717, 1.165) is 33.6 Å². The second kappa shape index (κ2) is 9.24. The second-order valence-electron chi connectivity index (χ2n) is 6.99. The number of nitrogen functional groups attached to an aromatic ring is 1. The molecule has 0 unspecified atom stereocenters. The Morgan fingerprint density at radius 2 is 1.94 bits per heavy atom. The summed E-state index contributed by atoms with van der Waals surface area (Å²) in [5.74, 6) is -0.372. The standard InChI is InChI=1S/C24H21N3O2S2/c1-2-4-16-10-12-19-21(25)22(31-24(19)27-16)23(29)26-17-8-6-15(7-9-17)20(28)13-11-18-5-3-14-30-18/h3,5-14H,2,4,25H2,1H3,(H,26,29). The van der Waals surface area contributed by atoms with E-state index in [4.69, 9.17) is 5.73 Å². The lowest BCUT2D eigenvalue weighted by Crippen LogP contribution is -2.12. The number of rotatable bonds is 7. The van der Waals surface area contributed by atoms with Crippen LogP contribution in [0.1, 0.15) is 43.9 Å². The van der Waals surface area contributed by atoms with Gasteiger partial charge in [-0.1, -0.05) is 19.4 Å². The molecule has 5 nitrogen and oxygen atoms in total. The van der Waals surface area contributed by atoms with Crippen LogP contribution < -0.4 is 11.1 Å². The van der Waals surface area contributed by atoms with E-state index in [9.17, 15) is 9.59 Å². The molecule has 0 fully saturated rings. The first kappa shape index (κ1) is 21.0. The van der Waals surface area contributed by atoms with Crippen molar-refractivity contribution in [2.45, 2.75) is 19.8 Å². The maximum atomic E-state index is 12.8. The highest BCUT2D eigenvalue weighted by Gasteiger charge is 2.18. The smallest absolute Gasteiger partial charge is 0.267 e. The summed E-state index contributed by atoms with van der Waals surface area (Å²) in [6, 6.07) is 14.6. The maximum absolute atomic E-state index is 12.8. The number of benzene rings is 1. The molecule has 3 heterocycles. The van der Waals surface area contributed by atoms with Crippen LogP contribution in [0.4, 0.5) is 11.4 Å². The summed E-state index contributed by atoms with van der Waals surface area (Å²) < 4.78 is 0. The lowest BCUT2D eigenvalue weighted by molar-refractivity contribution is 0.102. The van der Waals surface area contributed by atoms with E-state index in [2.05, 4.69) is 17.2 Å². The molecule has 3 N–H and O–H groups in total. The summed E-state index contributed by atoms with van der Waals surface area (Å²) in [5.41, 5.74) is 8.81. The molecule has 0 aliphatic heterocycles. The monoisotopic (exact) mass is 447 g/mol. The molecule has 156 valence electrons. The molecule has 31 heavy (non-hydrogen) atoms. The number of pyridine rings is 1. The highest BCUT2D eigenvalue weighted by atomic mass is 32.1. The molecule has 4 aromatic rings. The minimum atomic E-state index is -0.283. The van der Waals surface area contributed by atoms with Gasteiger partial charge in [0.05, 0.1) is 5.69 Å². The Balaban J connectivity index is 1.47. The first-order valence-corrected chi connectivity index (χ1v) is 11.6. The zero-order valence-electron chi connectivity index (χ0n) is 16.9. The van der Waals surface area contributed by atoms with E-state index in [1.54, 1.807) is 47.8 Å². The Bertz CT molecular complexity index is 1260. The van der Waals surface area contributed by atoms with Crippen molar-refractivity contribution in [1.29, 1.82) is 0 Å². The number of carbonyl (C=O) groups excluding carboxylic acids is 2. The molecule has 0 atom stereocenters. The number of thiophene rings is 2. The van der Waals surface area contributed by atoms with Gasteiger partial charge in [-0.25, -0.2) is 4.98 Å². The largest absolute Gasteiger partial charge is 0.397 e. The SMILES string of the molecule is CCCc1ccc2c(N)c(C(=O)Nc3ccc(C(=O)C=Cc4cccs4)cc3)sc2n1. The van der Waals surface area contributed by atoms with Crippen LogP contribution in [0, 0.1) is 0 Å². The van der Waals surface area contributed by atoms with E-state index in [0.29, 0.717) is 21.8 Å². The third kappa shape index (κ3) is 4.73. The highest BCUT2D eigenvalue weighted by molar-refractivity contribution is 7.21. The van der Waals surface area contributed by atoms with Gasteiger partial charge in [-0.05, 0) is 66.4 Å². The van der Waals surface area contributed by atoms with Gasteiger partial charge in [0.2, 0.25) is 0 Å². The number of hydrogen-bond donors (Lipinski definition) is 2. The highest BCUT2D eigenvalue weighted by Crippen LogP contribution is 2.33. The molecule has 0 radical (unpaired) electrons. The van der Waals surface area contributed by atoms with Crippen LogP contribution in [-0.4, -0.2) is 16.7 Å². The van der Waals surface area contributed by atoms with E-state index in [1.165, 1.54) is 11.3 Å². The lowest BCUT2D eigenvalue weighted by atomic mass is 10.1. The summed E-state index contributed by atoms with van der Waals surface area (Å²) >= 11 is 2.87. The number of allylic oxidation sites excluding steroid dienone is 1. The van der Waals surface area contributed by atoms with Crippen LogP contribution in [0.2, 0.25) is 0 Å². The average molecular weight is 448 g/mol. The van der Waals surface area contributed by atoms with Gasteiger partial charge in [-0.15, -0.1) is 22.7 Å². The summed E-state index contributed by atoms with van der Waals surface area (Å²) in [5, 5.41) is 5.62. The maximum Gasteiger partial charge on any atom is 0.267 e. The number of nitrogens with one attached hydrogen (secondary N) is 1. The molecule has 0 aliphatic carbocycles. The van der Waals surface area contributed by atoms with Gasteiger partial charge in [0.1, 0.15) is 9.71 Å². The van der Waals surface area contributed by atoms with Gasteiger partial charge in [-0.2, -0.15) is 0 Å². The van der Waals surface area contributed by atoms with Crippen molar-refractivity contribution < 1.29 is 9.59 Å².